The van der Waals surface area contributed by atoms with E-state index < -0.39 is 12.0 Å². The zero-order chi connectivity index (χ0) is 14.9. The third kappa shape index (κ3) is 2.55. The Morgan fingerprint density at radius 2 is 2.05 bits per heavy atom. The van der Waals surface area contributed by atoms with Gasteiger partial charge in [-0.05, 0) is 18.6 Å². The predicted octanol–water partition coefficient (Wildman–Crippen LogP) is 2.85. The summed E-state index contributed by atoms with van der Waals surface area (Å²) in [4.78, 5) is 11.4. The van der Waals surface area contributed by atoms with Crippen molar-refractivity contribution in [1.29, 1.82) is 0 Å². The van der Waals surface area contributed by atoms with Gasteiger partial charge in [-0.2, -0.15) is 13.2 Å². The molecule has 3 nitrogen and oxygen atoms in total. The smallest absolute Gasteiger partial charge is 0.302 e. The number of aromatic nitrogens is 2. The highest BCUT2D eigenvalue weighted by Gasteiger charge is 2.41. The molecule has 108 valence electrons. The van der Waals surface area contributed by atoms with E-state index >= 15 is 0 Å². The summed E-state index contributed by atoms with van der Waals surface area (Å²) in [5.41, 5.74) is 1.23. The molecule has 0 aliphatic rings. The van der Waals surface area contributed by atoms with Crippen molar-refractivity contribution in [3.05, 3.63) is 35.9 Å². The first kappa shape index (κ1) is 14.6. The van der Waals surface area contributed by atoms with Gasteiger partial charge in [0, 0.05) is 6.42 Å². The van der Waals surface area contributed by atoms with Gasteiger partial charge in [-0.25, -0.2) is 4.57 Å². The lowest BCUT2D eigenvalue weighted by molar-refractivity contribution is -0.678. The van der Waals surface area contributed by atoms with Gasteiger partial charge < -0.3 is 4.40 Å². The fourth-order valence-electron chi connectivity index (χ4n) is 2.26. The van der Waals surface area contributed by atoms with Crippen molar-refractivity contribution in [2.45, 2.75) is 32.4 Å². The minimum atomic E-state index is -4.85. The van der Waals surface area contributed by atoms with Crippen LogP contribution in [0.3, 0.4) is 0 Å². The van der Waals surface area contributed by atoms with E-state index in [4.69, 9.17) is 0 Å². The van der Waals surface area contributed by atoms with Crippen molar-refractivity contribution in [3.63, 3.8) is 0 Å². The summed E-state index contributed by atoms with van der Waals surface area (Å²) in [5.74, 6) is -1.81. The molecule has 0 aliphatic heterocycles. The maximum absolute atomic E-state index is 12.6. The van der Waals surface area contributed by atoms with Crippen LogP contribution in [0.25, 0.3) is 5.52 Å². The third-order valence-electron chi connectivity index (χ3n) is 3.34. The van der Waals surface area contributed by atoms with Gasteiger partial charge in [-0.1, -0.05) is 13.3 Å². The number of Topliss-reactive ketones (excluding diaryl/α,β-unsaturated/α-hetero) is 1. The van der Waals surface area contributed by atoms with Crippen LogP contribution < -0.4 is 4.57 Å². The molecule has 0 bridgehead atoms. The summed E-state index contributed by atoms with van der Waals surface area (Å²) in [6, 6.07) is 2.81. The molecule has 2 aromatic rings. The summed E-state index contributed by atoms with van der Waals surface area (Å²) in [5, 5.41) is 0. The summed E-state index contributed by atoms with van der Waals surface area (Å²) >= 11 is 0. The molecular formula is C14H16F3N2O+. The number of hydrogen-bond acceptors (Lipinski definition) is 1. The minimum absolute atomic E-state index is 0.342. The van der Waals surface area contributed by atoms with Crippen molar-refractivity contribution in [3.8, 4) is 0 Å². The van der Waals surface area contributed by atoms with Crippen molar-refractivity contribution in [2.24, 2.45) is 7.05 Å². The molecule has 20 heavy (non-hydrogen) atoms. The zero-order valence-corrected chi connectivity index (χ0v) is 11.4. The Labute approximate surface area is 114 Å². The molecule has 0 N–H and O–H groups in total. The maximum atomic E-state index is 12.6. The molecule has 2 rings (SSSR count). The lowest BCUT2D eigenvalue weighted by atomic mass is 10.2. The summed E-state index contributed by atoms with van der Waals surface area (Å²) in [6.45, 7) is 2.05. The van der Waals surface area contributed by atoms with Gasteiger partial charge in [0.15, 0.2) is 6.20 Å². The second-order valence-corrected chi connectivity index (χ2v) is 4.76. The second-order valence-electron chi connectivity index (χ2n) is 4.76. The van der Waals surface area contributed by atoms with E-state index in [1.165, 1.54) is 16.7 Å². The van der Waals surface area contributed by atoms with Gasteiger partial charge in [0.2, 0.25) is 5.69 Å². The van der Waals surface area contributed by atoms with E-state index in [1.807, 2.05) is 11.6 Å². The zero-order valence-electron chi connectivity index (χ0n) is 11.4. The highest BCUT2D eigenvalue weighted by Crippen LogP contribution is 2.23. The standard InChI is InChI=1S/C14H16F3N2O/c1-3-4-5-10-11-6-7-12(13(20)14(15,16)17)19(11)9-8-18(10)2/h6-9H,3-5H2,1-2H3/q+1. The fraction of sp³-hybridized carbons (Fsp3) is 0.429. The molecule has 0 amide bonds. The molecule has 6 heteroatoms. The number of aryl methyl sites for hydroxylation is 2. The number of fused-ring (bicyclic) bond motifs is 1. The topological polar surface area (TPSA) is 25.4 Å². The highest BCUT2D eigenvalue weighted by molar-refractivity contribution is 5.99. The van der Waals surface area contributed by atoms with E-state index in [1.54, 1.807) is 12.3 Å². The van der Waals surface area contributed by atoms with Gasteiger partial charge in [0.05, 0.1) is 11.9 Å². The van der Waals surface area contributed by atoms with Gasteiger partial charge in [-0.15, -0.1) is 0 Å². The quantitative estimate of drug-likeness (QED) is 0.626. The summed E-state index contributed by atoms with van der Waals surface area (Å²) in [7, 11) is 1.85. The summed E-state index contributed by atoms with van der Waals surface area (Å²) < 4.78 is 40.9. The molecule has 2 aromatic heterocycles. The number of halogens is 3. The molecule has 0 aliphatic carbocycles. The first-order valence-corrected chi connectivity index (χ1v) is 6.46. The van der Waals surface area contributed by atoms with E-state index in [0.29, 0.717) is 5.52 Å². The molecule has 0 atom stereocenters. The number of nitrogens with zero attached hydrogens (tertiary/aromatic N) is 2. The van der Waals surface area contributed by atoms with Crippen molar-refractivity contribution in [1.82, 2.24) is 4.40 Å². The molecule has 0 unspecified atom stereocenters. The number of alkyl halides is 3. The Morgan fingerprint density at radius 1 is 1.35 bits per heavy atom. The molecule has 0 aromatic carbocycles. The van der Waals surface area contributed by atoms with E-state index in [-0.39, 0.29) is 5.69 Å². The van der Waals surface area contributed by atoms with Crippen LogP contribution >= 0.6 is 0 Å². The van der Waals surface area contributed by atoms with Crippen molar-refractivity contribution < 1.29 is 22.5 Å². The van der Waals surface area contributed by atoms with E-state index in [0.717, 1.165) is 25.0 Å². The van der Waals surface area contributed by atoms with Crippen LogP contribution in [0.2, 0.25) is 0 Å². The lowest BCUT2D eigenvalue weighted by Crippen LogP contribution is -2.34. The van der Waals surface area contributed by atoms with Gasteiger partial charge in [-0.3, -0.25) is 4.79 Å². The molecule has 0 fully saturated rings. The predicted molar refractivity (Wildman–Crippen MR) is 67.6 cm³/mol. The van der Waals surface area contributed by atoms with Crippen LogP contribution in [0.5, 0.6) is 0 Å². The number of carbonyl (C=O) groups is 1. The normalized spacial score (nSPS) is 12.1. The molecular weight excluding hydrogens is 269 g/mol. The minimum Gasteiger partial charge on any atom is -0.302 e. The molecule has 2 heterocycles. The van der Waals surface area contributed by atoms with Gasteiger partial charge >= 0.3 is 6.18 Å². The molecule has 0 spiro atoms. The van der Waals surface area contributed by atoms with E-state index in [9.17, 15) is 18.0 Å². The Bertz CT molecular complexity index is 644. The van der Waals surface area contributed by atoms with Crippen LogP contribution in [-0.4, -0.2) is 16.4 Å². The number of carbonyl (C=O) groups excluding carboxylic acids is 1. The lowest BCUT2D eigenvalue weighted by Gasteiger charge is -2.07. The monoisotopic (exact) mass is 285 g/mol. The Morgan fingerprint density at radius 3 is 2.65 bits per heavy atom. The fourth-order valence-corrected chi connectivity index (χ4v) is 2.26. The Hall–Kier alpha value is -1.85. The number of unbranched alkanes of at least 4 members (excludes halogenated alkanes) is 1. The molecule has 0 radical (unpaired) electrons. The highest BCUT2D eigenvalue weighted by atomic mass is 19.4. The Kier molecular flexibility index (Phi) is 3.83. The van der Waals surface area contributed by atoms with Crippen LogP contribution in [0.1, 0.15) is 35.9 Å². The SMILES string of the molecule is CCCCc1c2ccc(C(=O)C(F)(F)F)n2cc[n+]1C. The largest absolute Gasteiger partial charge is 0.456 e. The number of ketones is 1. The first-order chi connectivity index (χ1) is 9.36. The number of hydrogen-bond donors (Lipinski definition) is 0. The van der Waals surface area contributed by atoms with Crippen LogP contribution in [0.15, 0.2) is 24.5 Å². The van der Waals surface area contributed by atoms with Gasteiger partial charge in [0.1, 0.15) is 12.6 Å². The first-order valence-electron chi connectivity index (χ1n) is 6.46. The average molecular weight is 285 g/mol. The number of rotatable bonds is 4. The average Bonchev–Trinajstić information content (AvgIpc) is 2.79. The maximum Gasteiger partial charge on any atom is 0.456 e. The van der Waals surface area contributed by atoms with Gasteiger partial charge in [0.25, 0.3) is 5.78 Å². The third-order valence-corrected chi connectivity index (χ3v) is 3.34. The van der Waals surface area contributed by atoms with Crippen LogP contribution in [0, 0.1) is 0 Å². The van der Waals surface area contributed by atoms with Crippen LogP contribution in [0.4, 0.5) is 13.2 Å². The van der Waals surface area contributed by atoms with Crippen molar-refractivity contribution >= 4 is 11.3 Å². The molecule has 0 saturated heterocycles. The summed E-state index contributed by atoms with van der Waals surface area (Å²) in [6.07, 6.45) is 1.02. The Balaban J connectivity index is 2.55. The van der Waals surface area contributed by atoms with Crippen LogP contribution in [-0.2, 0) is 13.5 Å². The molecule has 0 saturated carbocycles. The van der Waals surface area contributed by atoms with E-state index in [2.05, 4.69) is 6.92 Å². The second kappa shape index (κ2) is 5.26. The van der Waals surface area contributed by atoms with Crippen molar-refractivity contribution in [2.75, 3.05) is 0 Å².